The van der Waals surface area contributed by atoms with Crippen LogP contribution in [-0.2, 0) is 0 Å². The van der Waals surface area contributed by atoms with E-state index >= 15 is 26.3 Å². The van der Waals surface area contributed by atoms with Crippen LogP contribution in [0.3, 0.4) is 0 Å². The fourth-order valence-electron chi connectivity index (χ4n) is 7.04. The lowest BCUT2D eigenvalue weighted by molar-refractivity contribution is -0.254. The molecule has 5 aromatic carbocycles. The summed E-state index contributed by atoms with van der Waals surface area (Å²) in [6.45, 7) is 2.93. The van der Waals surface area contributed by atoms with Gasteiger partial charge in [0.15, 0.2) is 0 Å². The predicted octanol–water partition coefficient (Wildman–Crippen LogP) is 11.7. The van der Waals surface area contributed by atoms with Crippen LogP contribution in [0.1, 0.15) is 31.2 Å². The topological polar surface area (TPSA) is 37.3 Å². The second-order valence-electron chi connectivity index (χ2n) is 11.5. The first-order valence-electron chi connectivity index (χ1n) is 14.2. The summed E-state index contributed by atoms with van der Waals surface area (Å²) in [4.78, 5) is 12.8. The highest BCUT2D eigenvalue weighted by molar-refractivity contribution is 7.20. The fourth-order valence-corrected chi connectivity index (χ4v) is 9.34. The van der Waals surface area contributed by atoms with Gasteiger partial charge < -0.3 is 5.11 Å². The quantitative estimate of drug-likeness (QED) is 0.151. The van der Waals surface area contributed by atoms with E-state index in [1.807, 2.05) is 18.2 Å². The molecule has 0 amide bonds. The van der Waals surface area contributed by atoms with Gasteiger partial charge in [0.2, 0.25) is 0 Å². The molecule has 0 atom stereocenters. The molecule has 0 bridgehead atoms. The van der Waals surface area contributed by atoms with Crippen LogP contribution in [0.2, 0.25) is 0 Å². The molecule has 0 saturated heterocycles. The lowest BCUT2D eigenvalue weighted by Gasteiger charge is -2.26. The zero-order valence-corrected chi connectivity index (χ0v) is 25.6. The molecule has 0 aliphatic heterocycles. The molecule has 1 N–H and O–H groups in total. The van der Waals surface area contributed by atoms with Crippen molar-refractivity contribution in [2.75, 3.05) is 0 Å². The minimum absolute atomic E-state index is 0.0403. The number of carboxylic acid groups (broad SMARTS) is 1. The number of alkyl halides is 6. The smallest absolute Gasteiger partial charge is 0.380 e. The van der Waals surface area contributed by atoms with Gasteiger partial charge in [-0.2, -0.15) is 26.3 Å². The summed E-state index contributed by atoms with van der Waals surface area (Å²) < 4.78 is 95.7. The molecule has 7 aromatic rings. The summed E-state index contributed by atoms with van der Waals surface area (Å²) in [5.41, 5.74) is -3.37. The maximum absolute atomic E-state index is 16.1. The number of aryl methyl sites for hydroxylation is 2. The van der Waals surface area contributed by atoms with Gasteiger partial charge in [0, 0.05) is 63.0 Å². The first-order valence-corrected chi connectivity index (χ1v) is 15.8. The summed E-state index contributed by atoms with van der Waals surface area (Å²) in [7, 11) is 0. The average molecular weight is 663 g/mol. The van der Waals surface area contributed by atoms with Gasteiger partial charge in [0.05, 0.1) is 5.56 Å². The molecule has 0 spiro atoms. The normalized spacial score (nSPS) is 17.3. The lowest BCUT2D eigenvalue weighted by atomic mass is 9.89. The number of hydrogen-bond acceptors (Lipinski definition) is 3. The Labute approximate surface area is 264 Å². The molecule has 8 rings (SSSR count). The van der Waals surface area contributed by atoms with Crippen molar-refractivity contribution in [3.8, 4) is 0 Å². The molecule has 0 radical (unpaired) electrons. The van der Waals surface area contributed by atoms with Crippen molar-refractivity contribution in [3.63, 3.8) is 0 Å². The maximum atomic E-state index is 16.1. The standard InChI is InChI=1S/C36H20F6O2S2/c1-16-26(21-9-5-6-10-25(21)45-16)30-31(35(39,40)36(41,42)34(30,37)38)27-17(2)46-32-23(27)14-12-19-15-24(33(43)44)29-20-8-4-3-7-18(20)11-13-22(29)28(19)32/h3-15H,1-2H3,(H,43,44). The van der Waals surface area contributed by atoms with Crippen molar-refractivity contribution < 1.29 is 36.2 Å². The zero-order valence-electron chi connectivity index (χ0n) is 23.9. The summed E-state index contributed by atoms with van der Waals surface area (Å²) in [5.74, 6) is -17.2. The zero-order chi connectivity index (χ0) is 32.5. The Balaban J connectivity index is 1.55. The van der Waals surface area contributed by atoms with E-state index in [9.17, 15) is 9.90 Å². The first-order chi connectivity index (χ1) is 21.8. The third-order valence-corrected chi connectivity index (χ3v) is 11.2. The van der Waals surface area contributed by atoms with Crippen LogP contribution < -0.4 is 0 Å². The van der Waals surface area contributed by atoms with Crippen LogP contribution >= 0.6 is 22.7 Å². The fraction of sp³-hybridized carbons (Fsp3) is 0.139. The van der Waals surface area contributed by atoms with Gasteiger partial charge in [-0.3, -0.25) is 0 Å². The molecular weight excluding hydrogens is 643 g/mol. The summed E-state index contributed by atoms with van der Waals surface area (Å²) >= 11 is 2.11. The molecule has 1 aliphatic carbocycles. The Morgan fingerprint density at radius 3 is 1.89 bits per heavy atom. The SMILES string of the molecule is Cc1sc2ccccc2c1C1=C(c2c(C)sc3c2ccc2cc(C(=O)O)c4c5ccccc5ccc4c23)C(F)(F)C(F)(F)C1(F)F. The third-order valence-electron chi connectivity index (χ3n) is 9.00. The van der Waals surface area contributed by atoms with Crippen LogP contribution in [0.5, 0.6) is 0 Å². The van der Waals surface area contributed by atoms with Gasteiger partial charge in [-0.25, -0.2) is 4.79 Å². The van der Waals surface area contributed by atoms with Crippen molar-refractivity contribution in [1.82, 2.24) is 0 Å². The van der Waals surface area contributed by atoms with Crippen molar-refractivity contribution in [2.24, 2.45) is 0 Å². The van der Waals surface area contributed by atoms with Crippen molar-refractivity contribution in [1.29, 1.82) is 0 Å². The molecule has 230 valence electrons. The van der Waals surface area contributed by atoms with Crippen molar-refractivity contribution >= 4 is 92.3 Å². The monoisotopic (exact) mass is 662 g/mol. The van der Waals surface area contributed by atoms with E-state index < -0.39 is 34.9 Å². The Hall–Kier alpha value is -4.41. The first kappa shape index (κ1) is 29.0. The second kappa shape index (κ2) is 9.33. The number of rotatable bonds is 3. The van der Waals surface area contributed by atoms with Crippen LogP contribution in [0, 0.1) is 13.8 Å². The van der Waals surface area contributed by atoms with E-state index in [4.69, 9.17) is 0 Å². The molecule has 0 fully saturated rings. The Morgan fingerprint density at radius 1 is 0.630 bits per heavy atom. The van der Waals surface area contributed by atoms with Crippen LogP contribution in [0.25, 0.3) is 63.6 Å². The van der Waals surface area contributed by atoms with Gasteiger partial charge in [0.1, 0.15) is 0 Å². The number of halogens is 6. The Bertz CT molecular complexity index is 2520. The molecule has 2 aromatic heterocycles. The van der Waals surface area contributed by atoms with Gasteiger partial charge in [-0.15, -0.1) is 22.7 Å². The van der Waals surface area contributed by atoms with E-state index in [1.165, 1.54) is 38.1 Å². The molecule has 2 heterocycles. The Morgan fingerprint density at radius 2 is 1.20 bits per heavy atom. The van der Waals surface area contributed by atoms with E-state index in [-0.39, 0.29) is 37.2 Å². The minimum Gasteiger partial charge on any atom is -0.478 e. The van der Waals surface area contributed by atoms with E-state index in [2.05, 4.69) is 0 Å². The summed E-state index contributed by atoms with van der Waals surface area (Å²) in [5, 5.41) is 13.9. The highest BCUT2D eigenvalue weighted by Crippen LogP contribution is 2.67. The lowest BCUT2D eigenvalue weighted by Crippen LogP contribution is -2.48. The number of carbonyl (C=O) groups is 1. The third kappa shape index (κ3) is 3.51. The van der Waals surface area contributed by atoms with Crippen LogP contribution in [0.4, 0.5) is 26.3 Å². The summed E-state index contributed by atoms with van der Waals surface area (Å²) in [6.07, 6.45) is 0. The van der Waals surface area contributed by atoms with Crippen molar-refractivity contribution in [3.05, 3.63) is 105 Å². The maximum Gasteiger partial charge on any atom is 0.380 e. The molecule has 0 saturated carbocycles. The van der Waals surface area contributed by atoms with Crippen LogP contribution in [0.15, 0.2) is 78.9 Å². The second-order valence-corrected chi connectivity index (χ2v) is 14.0. The van der Waals surface area contributed by atoms with E-state index in [0.717, 1.165) is 28.1 Å². The van der Waals surface area contributed by atoms with Crippen molar-refractivity contribution in [2.45, 2.75) is 31.6 Å². The number of allylic oxidation sites excluding steroid dienone is 2. The number of aromatic carboxylic acids is 1. The van der Waals surface area contributed by atoms with Gasteiger partial charge >= 0.3 is 23.7 Å². The highest BCUT2D eigenvalue weighted by atomic mass is 32.1. The van der Waals surface area contributed by atoms with Crippen LogP contribution in [-0.4, -0.2) is 28.8 Å². The largest absolute Gasteiger partial charge is 0.478 e. The van der Waals surface area contributed by atoms with Gasteiger partial charge in [0.25, 0.3) is 0 Å². The highest BCUT2D eigenvalue weighted by Gasteiger charge is 2.80. The minimum atomic E-state index is -5.69. The van der Waals surface area contributed by atoms with Gasteiger partial charge in [-0.1, -0.05) is 66.7 Å². The average Bonchev–Trinajstić information content (AvgIpc) is 3.55. The predicted molar refractivity (Wildman–Crippen MR) is 174 cm³/mol. The molecule has 1 aliphatic rings. The molecular formula is C36H20F6O2S2. The number of fused-ring (bicyclic) bond motifs is 8. The number of hydrogen-bond donors (Lipinski definition) is 1. The Kier molecular flexibility index (Phi) is 5.88. The molecule has 46 heavy (non-hydrogen) atoms. The number of carboxylic acids is 1. The molecule has 2 nitrogen and oxygen atoms in total. The number of benzene rings is 5. The van der Waals surface area contributed by atoms with Gasteiger partial charge in [-0.05, 0) is 47.5 Å². The summed E-state index contributed by atoms with van der Waals surface area (Å²) in [6, 6.07) is 21.6. The number of thiophene rings is 2. The molecule has 10 heteroatoms. The van der Waals surface area contributed by atoms with E-state index in [0.29, 0.717) is 36.3 Å². The molecule has 0 unspecified atom stereocenters. The van der Waals surface area contributed by atoms with E-state index in [1.54, 1.807) is 36.4 Å².